The molecule has 0 aliphatic rings. The molecule has 1 unspecified atom stereocenters. The first-order valence-electron chi connectivity index (χ1n) is 7.41. The Morgan fingerprint density at radius 2 is 1.62 bits per heavy atom. The summed E-state index contributed by atoms with van der Waals surface area (Å²) in [6, 6.07) is 7.44. The highest BCUT2D eigenvalue weighted by Crippen LogP contribution is 2.14. The number of hydrogen-bond donors (Lipinski definition) is 0. The minimum Gasteiger partial charge on any atom is -0.463 e. The number of benzene rings is 1. The summed E-state index contributed by atoms with van der Waals surface area (Å²) in [6.07, 6.45) is -0.0619. The summed E-state index contributed by atoms with van der Waals surface area (Å²) in [4.78, 5) is 12.2. The van der Waals surface area contributed by atoms with Gasteiger partial charge < -0.3 is 9.47 Å². The molecule has 0 spiro atoms. The van der Waals surface area contributed by atoms with Gasteiger partial charge in [-0.1, -0.05) is 51.4 Å². The number of ether oxygens (including phenoxy) is 2. The summed E-state index contributed by atoms with van der Waals surface area (Å²) >= 11 is 5.88. The predicted octanol–water partition coefficient (Wildman–Crippen LogP) is 4.12. The van der Waals surface area contributed by atoms with E-state index in [1.54, 1.807) is 0 Å². The van der Waals surface area contributed by atoms with E-state index >= 15 is 0 Å². The standard InChI is InChI=1S/C17H25ClO3/c1-12(2)10-20-16(17(19)21-11-13(3)4)9-14-5-7-15(18)8-6-14/h5-8,12-13,16H,9-11H2,1-4H3. The first-order valence-corrected chi connectivity index (χ1v) is 7.79. The van der Waals surface area contributed by atoms with Gasteiger partial charge in [-0.25, -0.2) is 4.79 Å². The van der Waals surface area contributed by atoms with Crippen molar-refractivity contribution in [1.82, 2.24) is 0 Å². The first kappa shape index (κ1) is 18.0. The van der Waals surface area contributed by atoms with Crippen LogP contribution in [0, 0.1) is 11.8 Å². The molecule has 3 nitrogen and oxygen atoms in total. The highest BCUT2D eigenvalue weighted by atomic mass is 35.5. The van der Waals surface area contributed by atoms with Crippen LogP contribution < -0.4 is 0 Å². The molecule has 118 valence electrons. The Bertz CT molecular complexity index is 426. The summed E-state index contributed by atoms with van der Waals surface area (Å²) in [6.45, 7) is 9.08. The van der Waals surface area contributed by atoms with Gasteiger partial charge in [-0.05, 0) is 29.5 Å². The molecule has 0 radical (unpaired) electrons. The smallest absolute Gasteiger partial charge is 0.335 e. The molecule has 0 N–H and O–H groups in total. The van der Waals surface area contributed by atoms with Gasteiger partial charge in [-0.15, -0.1) is 0 Å². The lowest BCUT2D eigenvalue weighted by atomic mass is 10.1. The molecule has 4 heteroatoms. The van der Waals surface area contributed by atoms with Crippen LogP contribution in [0.1, 0.15) is 33.3 Å². The zero-order valence-electron chi connectivity index (χ0n) is 13.3. The molecule has 0 saturated heterocycles. The van der Waals surface area contributed by atoms with Crippen molar-refractivity contribution in [2.24, 2.45) is 11.8 Å². The number of carbonyl (C=O) groups is 1. The van der Waals surface area contributed by atoms with E-state index < -0.39 is 6.10 Å². The van der Waals surface area contributed by atoms with Gasteiger partial charge >= 0.3 is 5.97 Å². The van der Waals surface area contributed by atoms with Crippen molar-refractivity contribution >= 4 is 17.6 Å². The van der Waals surface area contributed by atoms with E-state index in [9.17, 15) is 4.79 Å². The van der Waals surface area contributed by atoms with Crippen LogP contribution in [0.5, 0.6) is 0 Å². The molecule has 0 bridgehead atoms. The Morgan fingerprint density at radius 3 is 2.14 bits per heavy atom. The highest BCUT2D eigenvalue weighted by molar-refractivity contribution is 6.30. The molecule has 1 aromatic rings. The van der Waals surface area contributed by atoms with E-state index in [1.165, 1.54) is 0 Å². The Balaban J connectivity index is 2.66. The van der Waals surface area contributed by atoms with Gasteiger partial charge in [-0.2, -0.15) is 0 Å². The van der Waals surface area contributed by atoms with E-state index in [-0.39, 0.29) is 5.97 Å². The molecule has 0 aromatic heterocycles. The van der Waals surface area contributed by atoms with Gasteiger partial charge in [0.15, 0.2) is 6.10 Å². The molecule has 1 atom stereocenters. The van der Waals surface area contributed by atoms with Crippen LogP contribution in [0.3, 0.4) is 0 Å². The van der Waals surface area contributed by atoms with Crippen molar-refractivity contribution in [2.75, 3.05) is 13.2 Å². The van der Waals surface area contributed by atoms with Gasteiger partial charge in [0, 0.05) is 11.4 Å². The predicted molar refractivity (Wildman–Crippen MR) is 85.5 cm³/mol. The van der Waals surface area contributed by atoms with Crippen molar-refractivity contribution in [3.05, 3.63) is 34.9 Å². The number of hydrogen-bond acceptors (Lipinski definition) is 3. The molecule has 0 saturated carbocycles. The summed E-state index contributed by atoms with van der Waals surface area (Å²) in [5.74, 6) is 0.394. The van der Waals surface area contributed by atoms with Crippen LogP contribution in [-0.2, 0) is 20.7 Å². The molecule has 0 heterocycles. The second-order valence-electron chi connectivity index (χ2n) is 6.07. The van der Waals surface area contributed by atoms with Crippen molar-refractivity contribution < 1.29 is 14.3 Å². The second-order valence-corrected chi connectivity index (χ2v) is 6.51. The van der Waals surface area contributed by atoms with Gasteiger partial charge in [-0.3, -0.25) is 0 Å². The monoisotopic (exact) mass is 312 g/mol. The SMILES string of the molecule is CC(C)COC(=O)C(Cc1ccc(Cl)cc1)OCC(C)C. The maximum Gasteiger partial charge on any atom is 0.335 e. The zero-order valence-corrected chi connectivity index (χ0v) is 14.0. The summed E-state index contributed by atoms with van der Waals surface area (Å²) in [5.41, 5.74) is 1.01. The average Bonchev–Trinajstić information content (AvgIpc) is 2.42. The molecule has 0 fully saturated rings. The van der Waals surface area contributed by atoms with Crippen molar-refractivity contribution in [2.45, 2.75) is 40.2 Å². The average molecular weight is 313 g/mol. The Labute approximate surface area is 132 Å². The topological polar surface area (TPSA) is 35.5 Å². The van der Waals surface area contributed by atoms with Gasteiger partial charge in [0.25, 0.3) is 0 Å². The van der Waals surface area contributed by atoms with E-state index in [0.717, 1.165) is 5.56 Å². The molecule has 21 heavy (non-hydrogen) atoms. The molecule has 0 aliphatic heterocycles. The lowest BCUT2D eigenvalue weighted by Crippen LogP contribution is -2.31. The van der Waals surface area contributed by atoms with E-state index in [4.69, 9.17) is 21.1 Å². The summed E-state index contributed by atoms with van der Waals surface area (Å²) in [7, 11) is 0. The normalized spacial score (nSPS) is 12.7. The van der Waals surface area contributed by atoms with E-state index in [1.807, 2.05) is 38.1 Å². The maximum atomic E-state index is 12.2. The van der Waals surface area contributed by atoms with Crippen molar-refractivity contribution in [3.8, 4) is 0 Å². The molecule has 0 amide bonds. The van der Waals surface area contributed by atoms with Crippen LogP contribution in [0.2, 0.25) is 5.02 Å². The van der Waals surface area contributed by atoms with Gasteiger partial charge in [0.1, 0.15) is 0 Å². The van der Waals surface area contributed by atoms with Crippen LogP contribution in [0.25, 0.3) is 0 Å². The summed E-state index contributed by atoms with van der Waals surface area (Å²) in [5, 5.41) is 0.681. The third-order valence-electron chi connectivity index (χ3n) is 2.79. The first-order chi connectivity index (χ1) is 9.88. The second kappa shape index (κ2) is 9.06. The number of halogens is 1. The highest BCUT2D eigenvalue weighted by Gasteiger charge is 2.22. The van der Waals surface area contributed by atoms with Crippen LogP contribution >= 0.6 is 11.6 Å². The molecule has 0 aliphatic carbocycles. The zero-order chi connectivity index (χ0) is 15.8. The quantitative estimate of drug-likeness (QED) is 0.677. The fourth-order valence-electron chi connectivity index (χ4n) is 1.70. The Hall–Kier alpha value is -1.06. The molecule has 1 aromatic carbocycles. The minimum atomic E-state index is -0.563. The molecular formula is C17H25ClO3. The molecule has 1 rings (SSSR count). The fourth-order valence-corrected chi connectivity index (χ4v) is 1.82. The van der Waals surface area contributed by atoms with Crippen LogP contribution in [0.4, 0.5) is 0 Å². The number of carbonyl (C=O) groups excluding carboxylic acids is 1. The number of esters is 1. The maximum absolute atomic E-state index is 12.2. The van der Waals surface area contributed by atoms with E-state index in [0.29, 0.717) is 36.5 Å². The minimum absolute atomic E-state index is 0.292. The third-order valence-corrected chi connectivity index (χ3v) is 3.04. The largest absolute Gasteiger partial charge is 0.463 e. The van der Waals surface area contributed by atoms with Gasteiger partial charge in [0.05, 0.1) is 13.2 Å². The van der Waals surface area contributed by atoms with Crippen molar-refractivity contribution in [1.29, 1.82) is 0 Å². The van der Waals surface area contributed by atoms with Crippen molar-refractivity contribution in [3.63, 3.8) is 0 Å². The number of rotatable bonds is 8. The Kier molecular flexibility index (Phi) is 7.76. The van der Waals surface area contributed by atoms with E-state index in [2.05, 4.69) is 13.8 Å². The lowest BCUT2D eigenvalue weighted by molar-refractivity contribution is -0.159. The van der Waals surface area contributed by atoms with Crippen LogP contribution in [-0.4, -0.2) is 25.3 Å². The Morgan fingerprint density at radius 1 is 1.05 bits per heavy atom. The van der Waals surface area contributed by atoms with Crippen LogP contribution in [0.15, 0.2) is 24.3 Å². The van der Waals surface area contributed by atoms with Gasteiger partial charge in [0.2, 0.25) is 0 Å². The molecular weight excluding hydrogens is 288 g/mol. The third kappa shape index (κ3) is 7.49. The summed E-state index contributed by atoms with van der Waals surface area (Å²) < 4.78 is 11.0. The fraction of sp³-hybridized carbons (Fsp3) is 0.588. The lowest BCUT2D eigenvalue weighted by Gasteiger charge is -2.19.